The van der Waals surface area contributed by atoms with Crippen molar-refractivity contribution in [3.8, 4) is 0 Å². The minimum Gasteiger partial charge on any atom is -0.452 e. The first-order valence-corrected chi connectivity index (χ1v) is 8.00. The molecule has 1 aromatic rings. The zero-order chi connectivity index (χ0) is 17.5. The highest BCUT2D eigenvalue weighted by Crippen LogP contribution is 2.17. The second-order valence-electron chi connectivity index (χ2n) is 6.02. The van der Waals surface area contributed by atoms with E-state index in [0.29, 0.717) is 5.56 Å². The van der Waals surface area contributed by atoms with Crippen molar-refractivity contribution in [3.63, 3.8) is 0 Å². The molecule has 0 unspecified atom stereocenters. The molecule has 0 aliphatic heterocycles. The summed E-state index contributed by atoms with van der Waals surface area (Å²) in [6, 6.07) is 6.46. The van der Waals surface area contributed by atoms with Gasteiger partial charge < -0.3 is 15.0 Å². The van der Waals surface area contributed by atoms with Crippen LogP contribution in [0.15, 0.2) is 24.3 Å². The van der Waals surface area contributed by atoms with Crippen molar-refractivity contribution in [3.05, 3.63) is 29.8 Å². The molecule has 24 heavy (non-hydrogen) atoms. The molecule has 0 atom stereocenters. The fourth-order valence-electron chi connectivity index (χ4n) is 2.58. The third-order valence-corrected chi connectivity index (χ3v) is 3.88. The minimum absolute atomic E-state index is 0.120. The number of ether oxygens (including phenoxy) is 1. The molecule has 0 aromatic heterocycles. The smallest absolute Gasteiger partial charge is 0.338 e. The summed E-state index contributed by atoms with van der Waals surface area (Å²) in [5.41, 5.74) is 1.20. The predicted molar refractivity (Wildman–Crippen MR) is 90.0 cm³/mol. The molecule has 7 nitrogen and oxygen atoms in total. The molecule has 2 rings (SSSR count). The molecule has 0 bridgehead atoms. The van der Waals surface area contributed by atoms with E-state index in [-0.39, 0.29) is 6.04 Å². The van der Waals surface area contributed by atoms with Crippen LogP contribution in [0.1, 0.15) is 36.0 Å². The maximum absolute atomic E-state index is 12.0. The maximum atomic E-state index is 12.0. The lowest BCUT2D eigenvalue weighted by molar-refractivity contribution is -0.123. The number of nitrogens with one attached hydrogen (secondary N) is 2. The fraction of sp³-hybridized carbons (Fsp3) is 0.471. The van der Waals surface area contributed by atoms with Crippen LogP contribution in [0.4, 0.5) is 10.5 Å². The number of anilines is 1. The number of rotatable bonds is 5. The summed E-state index contributed by atoms with van der Waals surface area (Å²) in [7, 11) is 3.72. The van der Waals surface area contributed by atoms with Crippen molar-refractivity contribution in [1.82, 2.24) is 10.6 Å². The standard InChI is InChI=1S/C17H23N3O4/c1-20(2)14-9-5-6-12(10-14)16(22)24-11-15(21)19-17(23)18-13-7-3-4-8-13/h5-6,9-10,13H,3-4,7-8,11H2,1-2H3,(H2,18,19,21,23). The monoisotopic (exact) mass is 333 g/mol. The van der Waals surface area contributed by atoms with Gasteiger partial charge in [-0.2, -0.15) is 0 Å². The maximum Gasteiger partial charge on any atom is 0.338 e. The predicted octanol–water partition coefficient (Wildman–Crippen LogP) is 1.68. The lowest BCUT2D eigenvalue weighted by Crippen LogP contribution is -2.44. The second kappa shape index (κ2) is 8.33. The first kappa shape index (κ1) is 17.8. The Kier molecular flexibility index (Phi) is 6.17. The molecule has 1 aromatic carbocycles. The van der Waals surface area contributed by atoms with E-state index in [1.54, 1.807) is 18.2 Å². The van der Waals surface area contributed by atoms with E-state index in [9.17, 15) is 14.4 Å². The minimum atomic E-state index is -0.650. The summed E-state index contributed by atoms with van der Waals surface area (Å²) in [4.78, 5) is 37.2. The normalized spacial score (nSPS) is 14.1. The Morgan fingerprint density at radius 1 is 1.21 bits per heavy atom. The third-order valence-electron chi connectivity index (χ3n) is 3.88. The Hall–Kier alpha value is -2.57. The Balaban J connectivity index is 1.77. The largest absolute Gasteiger partial charge is 0.452 e. The quantitative estimate of drug-likeness (QED) is 0.801. The molecule has 7 heteroatoms. The van der Waals surface area contributed by atoms with Gasteiger partial charge in [0.2, 0.25) is 0 Å². The zero-order valence-corrected chi connectivity index (χ0v) is 14.0. The molecular weight excluding hydrogens is 310 g/mol. The number of benzene rings is 1. The van der Waals surface area contributed by atoms with Crippen molar-refractivity contribution in [2.24, 2.45) is 0 Å². The highest BCUT2D eigenvalue weighted by molar-refractivity contribution is 5.97. The van der Waals surface area contributed by atoms with Crippen molar-refractivity contribution >= 4 is 23.6 Å². The van der Waals surface area contributed by atoms with Gasteiger partial charge in [0.05, 0.1) is 5.56 Å². The molecule has 130 valence electrons. The van der Waals surface area contributed by atoms with Crippen LogP contribution in [-0.2, 0) is 9.53 Å². The molecule has 0 saturated heterocycles. The number of carbonyl (C=O) groups is 3. The summed E-state index contributed by atoms with van der Waals surface area (Å²) in [5, 5.41) is 4.90. The van der Waals surface area contributed by atoms with Gasteiger partial charge in [0.25, 0.3) is 5.91 Å². The van der Waals surface area contributed by atoms with E-state index >= 15 is 0 Å². The Morgan fingerprint density at radius 2 is 1.92 bits per heavy atom. The number of hydrogen-bond acceptors (Lipinski definition) is 5. The number of urea groups is 1. The molecule has 1 saturated carbocycles. The zero-order valence-electron chi connectivity index (χ0n) is 14.0. The van der Waals surface area contributed by atoms with Gasteiger partial charge in [0.15, 0.2) is 6.61 Å². The SMILES string of the molecule is CN(C)c1cccc(C(=O)OCC(=O)NC(=O)NC2CCCC2)c1. The lowest BCUT2D eigenvalue weighted by Gasteiger charge is -2.13. The summed E-state index contributed by atoms with van der Waals surface area (Å²) in [6.45, 7) is -0.497. The first-order chi connectivity index (χ1) is 11.5. The van der Waals surface area contributed by atoms with Crippen molar-refractivity contribution in [2.45, 2.75) is 31.7 Å². The number of esters is 1. The van der Waals surface area contributed by atoms with Gasteiger partial charge in [-0.3, -0.25) is 10.1 Å². The summed E-state index contributed by atoms with van der Waals surface area (Å²) in [6.07, 6.45) is 4.03. The topological polar surface area (TPSA) is 87.7 Å². The number of hydrogen-bond donors (Lipinski definition) is 2. The van der Waals surface area contributed by atoms with Gasteiger partial charge in [0.1, 0.15) is 0 Å². The Bertz CT molecular complexity index is 610. The molecule has 2 N–H and O–H groups in total. The van der Waals surface area contributed by atoms with Gasteiger partial charge in [-0.05, 0) is 31.0 Å². The molecule has 1 aliphatic rings. The fourth-order valence-corrected chi connectivity index (χ4v) is 2.58. The lowest BCUT2D eigenvalue weighted by atomic mass is 10.2. The van der Waals surface area contributed by atoms with E-state index in [2.05, 4.69) is 10.6 Å². The summed E-state index contributed by atoms with van der Waals surface area (Å²) >= 11 is 0. The molecule has 0 radical (unpaired) electrons. The van der Waals surface area contributed by atoms with Gasteiger partial charge in [-0.1, -0.05) is 18.9 Å². The first-order valence-electron chi connectivity index (χ1n) is 8.00. The van der Waals surface area contributed by atoms with E-state index in [1.165, 1.54) is 0 Å². The molecule has 1 fully saturated rings. The van der Waals surface area contributed by atoms with Gasteiger partial charge in [0, 0.05) is 25.8 Å². The highest BCUT2D eigenvalue weighted by atomic mass is 16.5. The Morgan fingerprint density at radius 3 is 2.58 bits per heavy atom. The molecule has 0 spiro atoms. The Labute approximate surface area is 141 Å². The van der Waals surface area contributed by atoms with Gasteiger partial charge >= 0.3 is 12.0 Å². The van der Waals surface area contributed by atoms with Crippen molar-refractivity contribution in [2.75, 3.05) is 25.6 Å². The van der Waals surface area contributed by atoms with Crippen LogP contribution in [-0.4, -0.2) is 44.7 Å². The number of imide groups is 1. The third kappa shape index (κ3) is 5.26. The van der Waals surface area contributed by atoms with Crippen LogP contribution in [0.3, 0.4) is 0 Å². The number of nitrogens with zero attached hydrogens (tertiary/aromatic N) is 1. The average Bonchev–Trinajstić information content (AvgIpc) is 3.05. The van der Waals surface area contributed by atoms with Crippen molar-refractivity contribution in [1.29, 1.82) is 0 Å². The van der Waals surface area contributed by atoms with E-state index < -0.39 is 24.5 Å². The number of carbonyl (C=O) groups excluding carboxylic acids is 3. The number of amides is 3. The highest BCUT2D eigenvalue weighted by Gasteiger charge is 2.19. The van der Waals surface area contributed by atoms with E-state index in [4.69, 9.17) is 4.74 Å². The van der Waals surface area contributed by atoms with Gasteiger partial charge in [-0.15, -0.1) is 0 Å². The van der Waals surface area contributed by atoms with Crippen molar-refractivity contribution < 1.29 is 19.1 Å². The molecule has 3 amide bonds. The summed E-state index contributed by atoms with van der Waals surface area (Å²) < 4.78 is 4.95. The van der Waals surface area contributed by atoms with Crippen LogP contribution in [0.2, 0.25) is 0 Å². The van der Waals surface area contributed by atoms with Crippen LogP contribution in [0, 0.1) is 0 Å². The van der Waals surface area contributed by atoms with Crippen LogP contribution >= 0.6 is 0 Å². The molecule has 1 aliphatic carbocycles. The van der Waals surface area contributed by atoms with E-state index in [1.807, 2.05) is 25.1 Å². The molecular formula is C17H23N3O4. The summed E-state index contributed by atoms with van der Waals surface area (Å²) in [5.74, 6) is -1.26. The van der Waals surface area contributed by atoms with Crippen LogP contribution in [0.25, 0.3) is 0 Å². The van der Waals surface area contributed by atoms with Crippen LogP contribution in [0.5, 0.6) is 0 Å². The second-order valence-corrected chi connectivity index (χ2v) is 6.02. The van der Waals surface area contributed by atoms with E-state index in [0.717, 1.165) is 31.4 Å². The van der Waals surface area contributed by atoms with Crippen LogP contribution < -0.4 is 15.5 Å². The van der Waals surface area contributed by atoms with Gasteiger partial charge in [-0.25, -0.2) is 9.59 Å². The molecule has 0 heterocycles. The average molecular weight is 333 g/mol.